The van der Waals surface area contributed by atoms with E-state index in [-0.39, 0.29) is 0 Å². The molecule has 0 aliphatic heterocycles. The summed E-state index contributed by atoms with van der Waals surface area (Å²) in [5, 5.41) is 7.46. The topological polar surface area (TPSA) is 26.9 Å². The Balaban J connectivity index is 2.22. The van der Waals surface area contributed by atoms with Gasteiger partial charge in [-0.05, 0) is 18.4 Å². The molecule has 1 atom stereocenters. The summed E-state index contributed by atoms with van der Waals surface area (Å²) in [5.74, 6) is 0.452. The quantitative estimate of drug-likeness (QED) is 0.324. The molecule has 1 aromatic carbocycles. The summed E-state index contributed by atoms with van der Waals surface area (Å²) in [5.41, 5.74) is 1.34. The molecule has 0 bridgehead atoms. The van der Waals surface area contributed by atoms with Gasteiger partial charge in [-0.2, -0.15) is 0 Å². The minimum atomic E-state index is 0.452. The Bertz CT molecular complexity index is 418. The Kier molecular flexibility index (Phi) is 9.48. The fourth-order valence-electron chi connectivity index (χ4n) is 2.67. The third-order valence-electron chi connectivity index (χ3n) is 4.05. The van der Waals surface area contributed by atoms with E-state index in [2.05, 4.69) is 50.2 Å². The van der Waals surface area contributed by atoms with Crippen molar-refractivity contribution in [3.05, 3.63) is 35.9 Å². The van der Waals surface area contributed by atoms with Crippen molar-refractivity contribution >= 4 is 6.01 Å². The van der Waals surface area contributed by atoms with Gasteiger partial charge in [0.2, 0.25) is 0 Å². The van der Waals surface area contributed by atoms with Crippen molar-refractivity contribution < 1.29 is 4.58 Å². The molecule has 0 saturated heterocycles. The summed E-state index contributed by atoms with van der Waals surface area (Å²) in [6, 6.07) is 13.2. The SMILES string of the molecule is CCCCCCCCC[N+](=C=N)CC(C)c1ccccc1. The van der Waals surface area contributed by atoms with Crippen LogP contribution in [0.1, 0.15) is 70.3 Å². The second-order valence-electron chi connectivity index (χ2n) is 5.99. The minimum absolute atomic E-state index is 0.452. The number of unbranched alkanes of at least 4 members (excludes halogenated alkanes) is 6. The lowest BCUT2D eigenvalue weighted by atomic mass is 10.0. The second kappa shape index (κ2) is 11.3. The summed E-state index contributed by atoms with van der Waals surface area (Å²) in [7, 11) is 0. The van der Waals surface area contributed by atoms with Crippen molar-refractivity contribution in [3.8, 4) is 0 Å². The van der Waals surface area contributed by atoms with Gasteiger partial charge in [0.1, 0.15) is 0 Å². The Morgan fingerprint density at radius 1 is 1.00 bits per heavy atom. The number of benzene rings is 1. The van der Waals surface area contributed by atoms with Crippen molar-refractivity contribution in [1.29, 1.82) is 5.41 Å². The number of nitrogens with one attached hydrogen (secondary N) is 1. The molecule has 0 heterocycles. The van der Waals surface area contributed by atoms with E-state index in [0.29, 0.717) is 5.92 Å². The first-order valence-corrected chi connectivity index (χ1v) is 8.50. The smallest absolute Gasteiger partial charge is 0.220 e. The first-order valence-electron chi connectivity index (χ1n) is 8.50. The summed E-state index contributed by atoms with van der Waals surface area (Å²) in [6.45, 7) is 6.34. The highest BCUT2D eigenvalue weighted by molar-refractivity contribution is 5.28. The maximum atomic E-state index is 7.46. The molecule has 0 spiro atoms. The van der Waals surface area contributed by atoms with Gasteiger partial charge < -0.3 is 0 Å². The molecule has 0 radical (unpaired) electrons. The average Bonchev–Trinajstić information content (AvgIpc) is 2.53. The molecule has 2 nitrogen and oxygen atoms in total. The zero-order valence-electron chi connectivity index (χ0n) is 13.8. The molecule has 0 aromatic heterocycles. The number of hydrogen-bond acceptors (Lipinski definition) is 1. The van der Waals surface area contributed by atoms with E-state index in [4.69, 9.17) is 5.41 Å². The van der Waals surface area contributed by atoms with Crippen LogP contribution in [0.3, 0.4) is 0 Å². The van der Waals surface area contributed by atoms with Crippen molar-refractivity contribution in [2.75, 3.05) is 13.1 Å². The molecule has 0 aliphatic carbocycles. The molecule has 0 aliphatic rings. The first-order chi connectivity index (χ1) is 10.3. The van der Waals surface area contributed by atoms with Gasteiger partial charge in [-0.15, -0.1) is 0 Å². The van der Waals surface area contributed by atoms with Crippen LogP contribution in [0.25, 0.3) is 0 Å². The minimum Gasteiger partial charge on any atom is -0.220 e. The highest BCUT2D eigenvalue weighted by Gasteiger charge is 2.10. The fourth-order valence-corrected chi connectivity index (χ4v) is 2.67. The van der Waals surface area contributed by atoms with E-state index < -0.39 is 0 Å². The van der Waals surface area contributed by atoms with Crippen molar-refractivity contribution in [2.45, 2.75) is 64.7 Å². The zero-order chi connectivity index (χ0) is 15.3. The predicted octanol–water partition coefficient (Wildman–Crippen LogP) is 5.31. The monoisotopic (exact) mass is 287 g/mol. The average molecular weight is 287 g/mol. The van der Waals surface area contributed by atoms with Gasteiger partial charge >= 0.3 is 6.01 Å². The lowest BCUT2D eigenvalue weighted by Crippen LogP contribution is -2.18. The molecule has 1 rings (SSSR count). The van der Waals surface area contributed by atoms with E-state index in [1.165, 1.54) is 50.5 Å². The maximum Gasteiger partial charge on any atom is 0.303 e. The standard InChI is InChI=1S/C19H31N2/c1-3-4-5-6-7-8-12-15-21(17-20)16-18(2)19-13-10-9-11-14-19/h9-11,13-14,18,20H,3-8,12,15-16H2,1-2H3/q+1. The Hall–Kier alpha value is -1.40. The summed E-state index contributed by atoms with van der Waals surface area (Å²) >= 11 is 0. The van der Waals surface area contributed by atoms with Crippen molar-refractivity contribution in [2.24, 2.45) is 0 Å². The molecule has 0 saturated carbocycles. The van der Waals surface area contributed by atoms with Crippen LogP contribution in [-0.2, 0) is 0 Å². The van der Waals surface area contributed by atoms with Crippen LogP contribution in [0.15, 0.2) is 30.3 Å². The Labute approximate surface area is 130 Å². The van der Waals surface area contributed by atoms with Gasteiger partial charge in [0, 0.05) is 5.92 Å². The molecule has 116 valence electrons. The first kappa shape index (κ1) is 17.7. The number of nitrogens with zero attached hydrogens (tertiary/aromatic N) is 1. The molecule has 0 amide bonds. The second-order valence-corrected chi connectivity index (χ2v) is 5.99. The van der Waals surface area contributed by atoms with E-state index in [1.54, 1.807) is 0 Å². The number of rotatable bonds is 11. The number of hydrogen-bond donors (Lipinski definition) is 1. The van der Waals surface area contributed by atoms with E-state index in [1.807, 2.05) is 4.58 Å². The molecule has 21 heavy (non-hydrogen) atoms. The van der Waals surface area contributed by atoms with Gasteiger partial charge in [-0.1, -0.05) is 81.7 Å². The van der Waals surface area contributed by atoms with E-state index in [9.17, 15) is 0 Å². The van der Waals surface area contributed by atoms with Crippen LogP contribution in [0.5, 0.6) is 0 Å². The molecular weight excluding hydrogens is 256 g/mol. The molecular formula is C19H31N2+. The molecule has 1 N–H and O–H groups in total. The summed E-state index contributed by atoms with van der Waals surface area (Å²) < 4.78 is 2.03. The van der Waals surface area contributed by atoms with Gasteiger partial charge in [0.15, 0.2) is 0 Å². The molecule has 1 aromatic rings. The van der Waals surface area contributed by atoms with Crippen LogP contribution in [0, 0.1) is 5.41 Å². The summed E-state index contributed by atoms with van der Waals surface area (Å²) in [4.78, 5) is 0. The van der Waals surface area contributed by atoms with Crippen molar-refractivity contribution in [1.82, 2.24) is 0 Å². The van der Waals surface area contributed by atoms with Crippen molar-refractivity contribution in [3.63, 3.8) is 0 Å². The molecule has 1 unspecified atom stereocenters. The van der Waals surface area contributed by atoms with Crippen LogP contribution in [0.2, 0.25) is 0 Å². The normalized spacial score (nSPS) is 11.9. The fraction of sp³-hybridized carbons (Fsp3) is 0.632. The van der Waals surface area contributed by atoms with Crippen LogP contribution in [0.4, 0.5) is 0 Å². The summed E-state index contributed by atoms with van der Waals surface area (Å²) in [6.07, 6.45) is 9.22. The molecule has 2 heteroatoms. The lowest BCUT2D eigenvalue weighted by Gasteiger charge is -2.11. The molecule has 0 fully saturated rings. The van der Waals surface area contributed by atoms with Gasteiger partial charge in [0.05, 0.1) is 13.1 Å². The van der Waals surface area contributed by atoms with Gasteiger partial charge in [0.25, 0.3) is 0 Å². The van der Waals surface area contributed by atoms with Gasteiger partial charge in [-0.3, -0.25) is 0 Å². The zero-order valence-corrected chi connectivity index (χ0v) is 13.8. The van der Waals surface area contributed by atoms with E-state index >= 15 is 0 Å². The predicted molar refractivity (Wildman–Crippen MR) is 90.6 cm³/mol. The third kappa shape index (κ3) is 7.82. The highest BCUT2D eigenvalue weighted by atomic mass is 15.0. The Morgan fingerprint density at radius 3 is 2.24 bits per heavy atom. The van der Waals surface area contributed by atoms with Gasteiger partial charge in [-0.25, -0.2) is 4.58 Å². The van der Waals surface area contributed by atoms with Crippen LogP contribution >= 0.6 is 0 Å². The lowest BCUT2D eigenvalue weighted by molar-refractivity contribution is -0.525. The third-order valence-corrected chi connectivity index (χ3v) is 4.05. The largest absolute Gasteiger partial charge is 0.303 e. The highest BCUT2D eigenvalue weighted by Crippen LogP contribution is 2.14. The maximum absolute atomic E-state index is 7.46. The Morgan fingerprint density at radius 2 is 1.62 bits per heavy atom. The van der Waals surface area contributed by atoms with Crippen LogP contribution < -0.4 is 0 Å². The van der Waals surface area contributed by atoms with E-state index in [0.717, 1.165) is 13.1 Å². The van der Waals surface area contributed by atoms with Crippen LogP contribution in [-0.4, -0.2) is 23.7 Å².